The van der Waals surface area contributed by atoms with Crippen molar-refractivity contribution in [1.82, 2.24) is 10.2 Å². The summed E-state index contributed by atoms with van der Waals surface area (Å²) in [6.07, 6.45) is 1.90. The molecule has 0 aromatic heterocycles. The third-order valence-electron chi connectivity index (χ3n) is 5.42. The average molecular weight is 398 g/mol. The van der Waals surface area contributed by atoms with Gasteiger partial charge in [-0.25, -0.2) is 4.39 Å². The van der Waals surface area contributed by atoms with Crippen molar-refractivity contribution in [2.45, 2.75) is 25.7 Å². The maximum absolute atomic E-state index is 14.1. The highest BCUT2D eigenvalue weighted by atomic mass is 19.1. The summed E-state index contributed by atoms with van der Waals surface area (Å²) in [5.74, 6) is -0.799. The molecule has 0 bridgehead atoms. The van der Waals surface area contributed by atoms with Crippen molar-refractivity contribution < 1.29 is 18.7 Å². The second-order valence-corrected chi connectivity index (χ2v) is 7.32. The Kier molecular flexibility index (Phi) is 6.86. The lowest BCUT2D eigenvalue weighted by Crippen LogP contribution is -2.36. The molecule has 6 heteroatoms. The fourth-order valence-electron chi connectivity index (χ4n) is 3.75. The van der Waals surface area contributed by atoms with Gasteiger partial charge in [0.15, 0.2) is 0 Å². The second kappa shape index (κ2) is 9.54. The number of unbranched alkanes of at least 4 members (excludes halogenated alkanes) is 1. The summed E-state index contributed by atoms with van der Waals surface area (Å²) < 4.78 is 19.3. The van der Waals surface area contributed by atoms with Crippen LogP contribution in [0.2, 0.25) is 0 Å². The largest absolute Gasteiger partial charge is 0.497 e. The van der Waals surface area contributed by atoms with Gasteiger partial charge in [0.1, 0.15) is 11.6 Å². The number of nitrogens with one attached hydrogen (secondary N) is 1. The molecule has 29 heavy (non-hydrogen) atoms. The van der Waals surface area contributed by atoms with Gasteiger partial charge in [0, 0.05) is 25.6 Å². The van der Waals surface area contributed by atoms with Crippen molar-refractivity contribution in [3.63, 3.8) is 0 Å². The fraction of sp³-hybridized carbons (Fsp3) is 0.391. The number of carbonyl (C=O) groups excluding carboxylic acids is 2. The molecule has 1 aliphatic rings. The Morgan fingerprint density at radius 3 is 2.52 bits per heavy atom. The van der Waals surface area contributed by atoms with Crippen LogP contribution >= 0.6 is 0 Å². The summed E-state index contributed by atoms with van der Waals surface area (Å²) in [7, 11) is 1.60. The van der Waals surface area contributed by atoms with Gasteiger partial charge in [0.2, 0.25) is 5.91 Å². The van der Waals surface area contributed by atoms with E-state index in [4.69, 9.17) is 4.74 Å². The molecule has 3 rings (SSSR count). The van der Waals surface area contributed by atoms with E-state index in [0.29, 0.717) is 13.1 Å². The quantitative estimate of drug-likeness (QED) is 0.725. The lowest BCUT2D eigenvalue weighted by Gasteiger charge is -2.18. The number of rotatable bonds is 7. The van der Waals surface area contributed by atoms with Crippen LogP contribution in [0.25, 0.3) is 0 Å². The van der Waals surface area contributed by atoms with E-state index >= 15 is 0 Å². The highest BCUT2D eigenvalue weighted by molar-refractivity contribution is 5.95. The number of hydrogen-bond acceptors (Lipinski definition) is 3. The molecule has 5 nitrogen and oxygen atoms in total. The van der Waals surface area contributed by atoms with Crippen molar-refractivity contribution in [1.29, 1.82) is 0 Å². The Morgan fingerprint density at radius 2 is 1.86 bits per heavy atom. The van der Waals surface area contributed by atoms with E-state index in [1.165, 1.54) is 12.1 Å². The molecule has 154 valence electrons. The van der Waals surface area contributed by atoms with Gasteiger partial charge >= 0.3 is 0 Å². The third-order valence-corrected chi connectivity index (χ3v) is 5.42. The van der Waals surface area contributed by atoms with Gasteiger partial charge in [0.05, 0.1) is 18.6 Å². The molecule has 2 unspecified atom stereocenters. The molecule has 1 N–H and O–H groups in total. The highest BCUT2D eigenvalue weighted by Gasteiger charge is 2.40. The number of halogens is 1. The van der Waals surface area contributed by atoms with Gasteiger partial charge in [-0.2, -0.15) is 0 Å². The Labute approximate surface area is 170 Å². The van der Waals surface area contributed by atoms with Gasteiger partial charge in [-0.1, -0.05) is 37.6 Å². The molecule has 1 heterocycles. The number of methoxy groups -OCH3 is 1. The van der Waals surface area contributed by atoms with Crippen LogP contribution in [0.1, 0.15) is 41.6 Å². The molecule has 0 radical (unpaired) electrons. The van der Waals surface area contributed by atoms with E-state index in [0.717, 1.165) is 24.2 Å². The number of benzene rings is 2. The van der Waals surface area contributed by atoms with Crippen LogP contribution in [-0.2, 0) is 4.79 Å². The minimum atomic E-state index is -0.547. The molecule has 1 aliphatic heterocycles. The SMILES string of the molecule is CCCCNC(=O)C1CN(C(=O)c2ccccc2F)CC1c1ccc(OC)cc1. The van der Waals surface area contributed by atoms with Crippen LogP contribution in [0, 0.1) is 11.7 Å². The Balaban J connectivity index is 1.83. The van der Waals surface area contributed by atoms with Gasteiger partial charge < -0.3 is 15.0 Å². The van der Waals surface area contributed by atoms with Crippen LogP contribution in [0.15, 0.2) is 48.5 Å². The van der Waals surface area contributed by atoms with Gasteiger partial charge in [-0.15, -0.1) is 0 Å². The van der Waals surface area contributed by atoms with E-state index in [2.05, 4.69) is 12.2 Å². The van der Waals surface area contributed by atoms with Gasteiger partial charge in [-0.05, 0) is 36.2 Å². The fourth-order valence-corrected chi connectivity index (χ4v) is 3.75. The zero-order valence-electron chi connectivity index (χ0n) is 16.9. The first kappa shape index (κ1) is 20.8. The van der Waals surface area contributed by atoms with Crippen molar-refractivity contribution in [3.8, 4) is 5.75 Å². The molecule has 1 saturated heterocycles. The van der Waals surface area contributed by atoms with Crippen molar-refractivity contribution in [2.75, 3.05) is 26.7 Å². The van der Waals surface area contributed by atoms with E-state index in [-0.39, 0.29) is 35.8 Å². The third kappa shape index (κ3) is 4.75. The molecule has 2 amide bonds. The number of ether oxygens (including phenoxy) is 1. The van der Waals surface area contributed by atoms with Crippen LogP contribution in [0.5, 0.6) is 5.75 Å². The summed E-state index contributed by atoms with van der Waals surface area (Å²) in [4.78, 5) is 27.3. The predicted octanol–water partition coefficient (Wildman–Crippen LogP) is 3.61. The average Bonchev–Trinajstić information content (AvgIpc) is 3.19. The maximum Gasteiger partial charge on any atom is 0.256 e. The molecular weight excluding hydrogens is 371 g/mol. The first-order chi connectivity index (χ1) is 14.0. The highest BCUT2D eigenvalue weighted by Crippen LogP contribution is 2.34. The Morgan fingerprint density at radius 1 is 1.14 bits per heavy atom. The molecular formula is C23H27FN2O3. The first-order valence-corrected chi connectivity index (χ1v) is 10.0. The van der Waals surface area contributed by atoms with Gasteiger partial charge in [-0.3, -0.25) is 9.59 Å². The number of carbonyl (C=O) groups is 2. The summed E-state index contributed by atoms with van der Waals surface area (Å²) in [6.45, 7) is 3.31. The number of nitrogens with zero attached hydrogens (tertiary/aromatic N) is 1. The maximum atomic E-state index is 14.1. The van der Waals surface area contributed by atoms with Crippen molar-refractivity contribution in [2.24, 2.45) is 5.92 Å². The molecule has 0 aliphatic carbocycles. The molecule has 0 spiro atoms. The predicted molar refractivity (Wildman–Crippen MR) is 109 cm³/mol. The van der Waals surface area contributed by atoms with E-state index < -0.39 is 5.82 Å². The van der Waals surface area contributed by atoms with E-state index in [1.807, 2.05) is 24.3 Å². The Bertz CT molecular complexity index is 853. The zero-order chi connectivity index (χ0) is 20.8. The number of hydrogen-bond donors (Lipinski definition) is 1. The lowest BCUT2D eigenvalue weighted by molar-refractivity contribution is -0.124. The Hall–Kier alpha value is -2.89. The molecule has 0 saturated carbocycles. The first-order valence-electron chi connectivity index (χ1n) is 10.0. The zero-order valence-corrected chi connectivity index (χ0v) is 16.9. The summed E-state index contributed by atoms with van der Waals surface area (Å²) in [5.41, 5.74) is 0.998. The summed E-state index contributed by atoms with van der Waals surface area (Å²) in [5, 5.41) is 2.98. The number of likely N-dealkylation sites (tertiary alicyclic amines) is 1. The minimum Gasteiger partial charge on any atom is -0.497 e. The standard InChI is InChI=1S/C23H27FN2O3/c1-3-4-13-25-22(27)20-15-26(23(28)18-7-5-6-8-21(18)24)14-19(20)16-9-11-17(29-2)12-10-16/h5-12,19-20H,3-4,13-15H2,1-2H3,(H,25,27). The monoisotopic (exact) mass is 398 g/mol. The summed E-state index contributed by atoms with van der Waals surface area (Å²) in [6, 6.07) is 13.5. The van der Waals surface area contributed by atoms with Crippen molar-refractivity contribution in [3.05, 3.63) is 65.5 Å². The van der Waals surface area contributed by atoms with Gasteiger partial charge in [0.25, 0.3) is 5.91 Å². The summed E-state index contributed by atoms with van der Waals surface area (Å²) >= 11 is 0. The molecule has 2 aromatic carbocycles. The van der Waals surface area contributed by atoms with Crippen LogP contribution < -0.4 is 10.1 Å². The molecule has 1 fully saturated rings. The normalized spacial score (nSPS) is 18.5. The van der Waals surface area contributed by atoms with Crippen molar-refractivity contribution >= 4 is 11.8 Å². The second-order valence-electron chi connectivity index (χ2n) is 7.32. The topological polar surface area (TPSA) is 58.6 Å². The van der Waals surface area contributed by atoms with Crippen LogP contribution in [0.4, 0.5) is 4.39 Å². The minimum absolute atomic E-state index is 0.0352. The lowest BCUT2D eigenvalue weighted by atomic mass is 9.88. The van der Waals surface area contributed by atoms with Crippen LogP contribution in [0.3, 0.4) is 0 Å². The van der Waals surface area contributed by atoms with E-state index in [1.54, 1.807) is 24.1 Å². The van der Waals surface area contributed by atoms with Crippen LogP contribution in [-0.4, -0.2) is 43.5 Å². The molecule has 2 aromatic rings. The smallest absolute Gasteiger partial charge is 0.256 e. The van der Waals surface area contributed by atoms with E-state index in [9.17, 15) is 14.0 Å². The molecule has 2 atom stereocenters. The number of amides is 2.